The summed E-state index contributed by atoms with van der Waals surface area (Å²) in [5.74, 6) is -0.317. The minimum absolute atomic E-state index is 0.139. The molecular formula is C11H9ClO2. The molecule has 0 saturated heterocycles. The second kappa shape index (κ2) is 2.67. The van der Waals surface area contributed by atoms with Crippen LogP contribution in [0.15, 0.2) is 18.2 Å². The van der Waals surface area contributed by atoms with Crippen molar-refractivity contribution in [1.82, 2.24) is 0 Å². The van der Waals surface area contributed by atoms with Crippen molar-refractivity contribution in [2.24, 2.45) is 5.41 Å². The van der Waals surface area contributed by atoms with Crippen LogP contribution in [-0.4, -0.2) is 11.6 Å². The van der Waals surface area contributed by atoms with Gasteiger partial charge in [0.2, 0.25) is 0 Å². The molecule has 0 radical (unpaired) electrons. The molecule has 2 nitrogen and oxygen atoms in total. The van der Waals surface area contributed by atoms with Gasteiger partial charge in [-0.3, -0.25) is 9.59 Å². The molecule has 1 aromatic rings. The lowest BCUT2D eigenvalue weighted by Crippen LogP contribution is -2.25. The van der Waals surface area contributed by atoms with Crippen LogP contribution in [0.4, 0.5) is 0 Å². The first-order valence-electron chi connectivity index (χ1n) is 4.34. The van der Waals surface area contributed by atoms with Crippen LogP contribution in [0.1, 0.15) is 34.6 Å². The summed E-state index contributed by atoms with van der Waals surface area (Å²) in [7, 11) is 0. The summed E-state index contributed by atoms with van der Waals surface area (Å²) >= 11 is 5.88. The fourth-order valence-electron chi connectivity index (χ4n) is 1.70. The Morgan fingerprint density at radius 2 is 1.79 bits per heavy atom. The number of hydrogen-bond donors (Lipinski definition) is 0. The van der Waals surface area contributed by atoms with Gasteiger partial charge in [-0.05, 0) is 19.9 Å². The summed E-state index contributed by atoms with van der Waals surface area (Å²) in [6.45, 7) is 3.27. The highest BCUT2D eigenvalue weighted by Crippen LogP contribution is 2.39. The molecule has 2 rings (SSSR count). The Kier molecular flexibility index (Phi) is 1.80. The van der Waals surface area contributed by atoms with Crippen molar-refractivity contribution >= 4 is 23.2 Å². The summed E-state index contributed by atoms with van der Waals surface area (Å²) in [5.41, 5.74) is -0.121. The van der Waals surface area contributed by atoms with Gasteiger partial charge >= 0.3 is 0 Å². The van der Waals surface area contributed by atoms with E-state index >= 15 is 0 Å². The fraction of sp³-hybridized carbons (Fsp3) is 0.273. The Hall–Kier alpha value is -1.15. The number of benzene rings is 1. The lowest BCUT2D eigenvalue weighted by Gasteiger charge is -2.11. The molecule has 0 aliphatic heterocycles. The van der Waals surface area contributed by atoms with E-state index in [1.54, 1.807) is 32.0 Å². The molecule has 14 heavy (non-hydrogen) atoms. The number of carbonyl (C=O) groups is 2. The first kappa shape index (κ1) is 9.41. The van der Waals surface area contributed by atoms with E-state index in [-0.39, 0.29) is 11.6 Å². The van der Waals surface area contributed by atoms with Crippen LogP contribution >= 0.6 is 11.6 Å². The van der Waals surface area contributed by atoms with E-state index in [0.717, 1.165) is 0 Å². The normalized spacial score (nSPS) is 18.5. The van der Waals surface area contributed by atoms with Gasteiger partial charge in [0.05, 0.1) is 10.4 Å². The lowest BCUT2D eigenvalue weighted by molar-refractivity contribution is 0.0746. The van der Waals surface area contributed by atoms with Crippen LogP contribution in [0.3, 0.4) is 0 Å². The van der Waals surface area contributed by atoms with Gasteiger partial charge in [-0.2, -0.15) is 0 Å². The van der Waals surface area contributed by atoms with Crippen LogP contribution in [0.2, 0.25) is 5.02 Å². The van der Waals surface area contributed by atoms with Crippen LogP contribution < -0.4 is 0 Å². The van der Waals surface area contributed by atoms with Crippen LogP contribution in [-0.2, 0) is 0 Å². The van der Waals surface area contributed by atoms with E-state index in [1.807, 2.05) is 0 Å². The van der Waals surface area contributed by atoms with Crippen molar-refractivity contribution in [3.8, 4) is 0 Å². The zero-order valence-electron chi connectivity index (χ0n) is 7.93. The monoisotopic (exact) mass is 208 g/mol. The fourth-order valence-corrected chi connectivity index (χ4v) is 1.96. The summed E-state index contributed by atoms with van der Waals surface area (Å²) in [6.07, 6.45) is 0. The van der Waals surface area contributed by atoms with Gasteiger partial charge in [0, 0.05) is 11.1 Å². The predicted molar refractivity (Wildman–Crippen MR) is 53.9 cm³/mol. The summed E-state index contributed by atoms with van der Waals surface area (Å²) in [4.78, 5) is 23.6. The van der Waals surface area contributed by atoms with Crippen LogP contribution in [0.5, 0.6) is 0 Å². The van der Waals surface area contributed by atoms with E-state index < -0.39 is 5.41 Å². The Labute approximate surface area is 86.9 Å². The third kappa shape index (κ3) is 0.976. The highest BCUT2D eigenvalue weighted by atomic mass is 35.5. The average molecular weight is 209 g/mol. The third-order valence-electron chi connectivity index (χ3n) is 2.62. The first-order chi connectivity index (χ1) is 6.46. The van der Waals surface area contributed by atoms with Crippen molar-refractivity contribution in [2.75, 3.05) is 0 Å². The molecule has 0 spiro atoms. The van der Waals surface area contributed by atoms with Crippen LogP contribution in [0.25, 0.3) is 0 Å². The molecule has 0 aromatic heterocycles. The molecular weight excluding hydrogens is 200 g/mol. The van der Waals surface area contributed by atoms with Gasteiger partial charge in [-0.15, -0.1) is 0 Å². The second-order valence-corrected chi connectivity index (χ2v) is 4.35. The molecule has 0 atom stereocenters. The summed E-state index contributed by atoms with van der Waals surface area (Å²) < 4.78 is 0. The molecule has 0 saturated carbocycles. The molecule has 0 bridgehead atoms. The van der Waals surface area contributed by atoms with E-state index in [1.165, 1.54) is 0 Å². The van der Waals surface area contributed by atoms with E-state index in [4.69, 9.17) is 11.6 Å². The molecule has 3 heteroatoms. The molecule has 0 heterocycles. The lowest BCUT2D eigenvalue weighted by atomic mass is 9.88. The topological polar surface area (TPSA) is 34.1 Å². The van der Waals surface area contributed by atoms with E-state index in [9.17, 15) is 9.59 Å². The summed E-state index contributed by atoms with van der Waals surface area (Å²) in [6, 6.07) is 4.97. The van der Waals surface area contributed by atoms with Gasteiger partial charge in [-0.25, -0.2) is 0 Å². The van der Waals surface area contributed by atoms with E-state index in [0.29, 0.717) is 16.1 Å². The third-order valence-corrected chi connectivity index (χ3v) is 2.94. The maximum Gasteiger partial charge on any atom is 0.178 e. The van der Waals surface area contributed by atoms with Crippen molar-refractivity contribution < 1.29 is 9.59 Å². The van der Waals surface area contributed by atoms with Gasteiger partial charge in [-0.1, -0.05) is 23.7 Å². The molecule has 0 amide bonds. The van der Waals surface area contributed by atoms with Crippen molar-refractivity contribution in [2.45, 2.75) is 13.8 Å². The van der Waals surface area contributed by atoms with Gasteiger partial charge in [0.25, 0.3) is 0 Å². The molecule has 72 valence electrons. The Balaban J connectivity index is 2.77. The number of fused-ring (bicyclic) bond motifs is 1. The Morgan fingerprint density at radius 1 is 1.14 bits per heavy atom. The quantitative estimate of drug-likeness (QED) is 0.615. The number of rotatable bonds is 0. The van der Waals surface area contributed by atoms with Gasteiger partial charge < -0.3 is 0 Å². The zero-order valence-corrected chi connectivity index (χ0v) is 8.68. The highest BCUT2D eigenvalue weighted by Gasteiger charge is 2.46. The highest BCUT2D eigenvalue weighted by molar-refractivity contribution is 6.39. The minimum atomic E-state index is -0.951. The minimum Gasteiger partial charge on any atom is -0.293 e. The van der Waals surface area contributed by atoms with Crippen molar-refractivity contribution in [3.05, 3.63) is 34.3 Å². The molecule has 0 N–H and O–H groups in total. The van der Waals surface area contributed by atoms with Crippen LogP contribution in [0, 0.1) is 5.41 Å². The molecule has 1 aliphatic carbocycles. The number of Topliss-reactive ketones (excluding diaryl/α,β-unsaturated/α-hetero) is 2. The predicted octanol–water partition coefficient (Wildman–Crippen LogP) is 2.75. The Bertz CT molecular complexity index is 447. The first-order valence-corrected chi connectivity index (χ1v) is 4.72. The molecule has 0 unspecified atom stereocenters. The number of carbonyl (C=O) groups excluding carboxylic acids is 2. The molecule has 1 aliphatic rings. The zero-order chi connectivity index (χ0) is 10.5. The van der Waals surface area contributed by atoms with Gasteiger partial charge in [0.15, 0.2) is 11.6 Å². The second-order valence-electron chi connectivity index (χ2n) is 3.95. The van der Waals surface area contributed by atoms with Crippen molar-refractivity contribution in [3.63, 3.8) is 0 Å². The Morgan fingerprint density at radius 3 is 2.36 bits per heavy atom. The smallest absolute Gasteiger partial charge is 0.178 e. The molecule has 1 aromatic carbocycles. The van der Waals surface area contributed by atoms with Gasteiger partial charge in [0.1, 0.15) is 0 Å². The summed E-state index contributed by atoms with van der Waals surface area (Å²) in [5, 5.41) is 0.367. The van der Waals surface area contributed by atoms with E-state index in [2.05, 4.69) is 0 Å². The number of hydrogen-bond acceptors (Lipinski definition) is 2. The standard InChI is InChI=1S/C11H9ClO2/c1-11(2)9(13)6-4-3-5-7(12)8(6)10(11)14/h3-5H,1-2H3. The van der Waals surface area contributed by atoms with Crippen molar-refractivity contribution in [1.29, 1.82) is 0 Å². The average Bonchev–Trinajstić information content (AvgIpc) is 2.30. The maximum absolute atomic E-state index is 11.8. The number of ketones is 2. The maximum atomic E-state index is 11.8. The SMILES string of the molecule is CC1(C)C(=O)c2cccc(Cl)c2C1=O. The number of halogens is 1. The largest absolute Gasteiger partial charge is 0.293 e. The molecule has 0 fully saturated rings.